The van der Waals surface area contributed by atoms with Gasteiger partial charge in [0.15, 0.2) is 0 Å². The number of nitrogens with two attached hydrogens (primary N) is 1. The van der Waals surface area contributed by atoms with Crippen LogP contribution < -0.4 is 10.5 Å². The molecule has 32 heavy (non-hydrogen) atoms. The SMILES string of the molecule is NC(CO)(CCc1ccc(OCCCc2ccc(F)cc2F)c(C(F)(F)F)c1)COP=O. The molecule has 1 atom stereocenters. The molecular weight excluding hydrogens is 456 g/mol. The monoisotopic (exact) mass is 479 g/mol. The fourth-order valence-corrected chi connectivity index (χ4v) is 3.30. The van der Waals surface area contributed by atoms with Crippen LogP contribution in [0.5, 0.6) is 5.75 Å². The van der Waals surface area contributed by atoms with Gasteiger partial charge in [-0.25, -0.2) is 13.3 Å². The van der Waals surface area contributed by atoms with Gasteiger partial charge in [0.05, 0.1) is 30.9 Å². The van der Waals surface area contributed by atoms with Crippen molar-refractivity contribution in [2.24, 2.45) is 5.73 Å². The molecule has 0 spiro atoms. The first-order chi connectivity index (χ1) is 15.1. The van der Waals surface area contributed by atoms with E-state index in [9.17, 15) is 31.6 Å². The molecule has 0 saturated heterocycles. The van der Waals surface area contributed by atoms with E-state index < -0.39 is 44.2 Å². The van der Waals surface area contributed by atoms with Crippen molar-refractivity contribution in [2.75, 3.05) is 19.8 Å². The number of hydrogen-bond donors (Lipinski definition) is 2. The van der Waals surface area contributed by atoms with E-state index >= 15 is 0 Å². The van der Waals surface area contributed by atoms with Crippen molar-refractivity contribution in [3.63, 3.8) is 0 Å². The summed E-state index contributed by atoms with van der Waals surface area (Å²) >= 11 is 0. The Morgan fingerprint density at radius 3 is 2.44 bits per heavy atom. The molecule has 0 heterocycles. The first kappa shape index (κ1) is 26.1. The zero-order valence-electron chi connectivity index (χ0n) is 17.0. The molecule has 0 aromatic heterocycles. The summed E-state index contributed by atoms with van der Waals surface area (Å²) in [7, 11) is -0.611. The Bertz CT molecular complexity index is 912. The summed E-state index contributed by atoms with van der Waals surface area (Å²) < 4.78 is 87.5. The third kappa shape index (κ3) is 7.78. The van der Waals surface area contributed by atoms with Crippen molar-refractivity contribution in [2.45, 2.75) is 37.4 Å². The van der Waals surface area contributed by atoms with Crippen LogP contribution in [0, 0.1) is 11.6 Å². The highest BCUT2D eigenvalue weighted by atomic mass is 31.1. The lowest BCUT2D eigenvalue weighted by atomic mass is 9.93. The van der Waals surface area contributed by atoms with Crippen molar-refractivity contribution in [3.05, 3.63) is 64.7 Å². The zero-order valence-corrected chi connectivity index (χ0v) is 17.9. The second kappa shape index (κ2) is 11.7. The molecule has 0 amide bonds. The molecule has 2 aromatic carbocycles. The summed E-state index contributed by atoms with van der Waals surface area (Å²) in [5.41, 5.74) is 4.27. The van der Waals surface area contributed by atoms with Crippen LogP contribution in [0.2, 0.25) is 0 Å². The van der Waals surface area contributed by atoms with Crippen LogP contribution in [0.1, 0.15) is 29.5 Å². The van der Waals surface area contributed by atoms with Crippen molar-refractivity contribution < 1.29 is 40.9 Å². The number of aryl methyl sites for hydroxylation is 2. The molecule has 0 fully saturated rings. The summed E-state index contributed by atoms with van der Waals surface area (Å²) in [4.78, 5) is 0. The highest BCUT2D eigenvalue weighted by molar-refractivity contribution is 7.17. The van der Waals surface area contributed by atoms with E-state index in [0.717, 1.165) is 18.2 Å². The van der Waals surface area contributed by atoms with E-state index in [4.69, 9.17) is 10.5 Å². The van der Waals surface area contributed by atoms with Gasteiger partial charge in [-0.05, 0) is 55.0 Å². The van der Waals surface area contributed by atoms with Gasteiger partial charge >= 0.3 is 14.9 Å². The number of halogens is 5. The van der Waals surface area contributed by atoms with Crippen LogP contribution in [-0.2, 0) is 28.1 Å². The number of aliphatic hydroxyl groups is 1. The van der Waals surface area contributed by atoms with Gasteiger partial charge in [-0.1, -0.05) is 12.1 Å². The first-order valence-corrected chi connectivity index (χ1v) is 10.4. The number of benzene rings is 2. The van der Waals surface area contributed by atoms with Gasteiger partial charge in [-0.3, -0.25) is 4.52 Å². The summed E-state index contributed by atoms with van der Waals surface area (Å²) in [5, 5.41) is 9.40. The summed E-state index contributed by atoms with van der Waals surface area (Å²) in [6.07, 6.45) is -4.05. The maximum Gasteiger partial charge on any atom is 0.419 e. The van der Waals surface area contributed by atoms with Crippen LogP contribution in [-0.4, -0.2) is 30.5 Å². The fourth-order valence-electron chi connectivity index (χ4n) is 2.99. The lowest BCUT2D eigenvalue weighted by Crippen LogP contribution is -2.47. The molecule has 1 unspecified atom stereocenters. The maximum absolute atomic E-state index is 13.6. The number of hydrogen-bond acceptors (Lipinski definition) is 5. The molecule has 3 N–H and O–H groups in total. The number of alkyl halides is 3. The van der Waals surface area contributed by atoms with Crippen LogP contribution in [0.4, 0.5) is 22.0 Å². The minimum absolute atomic E-state index is 0.0958. The molecule has 0 aliphatic carbocycles. The molecule has 2 rings (SSSR count). The third-order valence-electron chi connectivity index (χ3n) is 4.84. The molecule has 176 valence electrons. The first-order valence-electron chi connectivity index (χ1n) is 9.69. The molecule has 5 nitrogen and oxygen atoms in total. The van der Waals surface area contributed by atoms with E-state index in [2.05, 4.69) is 4.52 Å². The van der Waals surface area contributed by atoms with Crippen molar-refractivity contribution in [1.82, 2.24) is 0 Å². The average Bonchev–Trinajstić information content (AvgIpc) is 2.75. The lowest BCUT2D eigenvalue weighted by Gasteiger charge is -2.25. The van der Waals surface area contributed by atoms with Gasteiger partial charge in [-0.15, -0.1) is 0 Å². The summed E-state index contributed by atoms with van der Waals surface area (Å²) in [6.45, 7) is -0.817. The smallest absolute Gasteiger partial charge is 0.419 e. The molecule has 0 saturated carbocycles. The second-order valence-corrected chi connectivity index (χ2v) is 7.79. The Morgan fingerprint density at radius 2 is 1.81 bits per heavy atom. The number of rotatable bonds is 12. The van der Waals surface area contributed by atoms with Gasteiger partial charge in [0.25, 0.3) is 0 Å². The molecule has 2 aromatic rings. The highest BCUT2D eigenvalue weighted by Gasteiger charge is 2.35. The largest absolute Gasteiger partial charge is 0.493 e. The van der Waals surface area contributed by atoms with Gasteiger partial charge < -0.3 is 15.6 Å². The van der Waals surface area contributed by atoms with E-state index in [0.29, 0.717) is 5.56 Å². The van der Waals surface area contributed by atoms with Crippen LogP contribution in [0.25, 0.3) is 0 Å². The molecule has 0 bridgehead atoms. The Kier molecular flexibility index (Phi) is 9.51. The van der Waals surface area contributed by atoms with Crippen molar-refractivity contribution in [1.29, 1.82) is 0 Å². The average molecular weight is 479 g/mol. The summed E-state index contributed by atoms with van der Waals surface area (Å²) in [5.74, 6) is -1.79. The van der Waals surface area contributed by atoms with Crippen LogP contribution >= 0.6 is 8.69 Å². The molecule has 0 aliphatic rings. The van der Waals surface area contributed by atoms with Crippen LogP contribution in [0.15, 0.2) is 36.4 Å². The predicted molar refractivity (Wildman–Crippen MR) is 108 cm³/mol. The van der Waals surface area contributed by atoms with Crippen molar-refractivity contribution >= 4 is 8.69 Å². The van der Waals surface area contributed by atoms with Gasteiger partial charge in [0.1, 0.15) is 17.4 Å². The van der Waals surface area contributed by atoms with E-state index in [-0.39, 0.29) is 50.2 Å². The Balaban J connectivity index is 2.02. The molecule has 11 heteroatoms. The van der Waals surface area contributed by atoms with Gasteiger partial charge in [-0.2, -0.15) is 13.2 Å². The van der Waals surface area contributed by atoms with Crippen molar-refractivity contribution in [3.8, 4) is 5.75 Å². The summed E-state index contributed by atoms with van der Waals surface area (Å²) in [6, 6.07) is 6.73. The van der Waals surface area contributed by atoms with Gasteiger partial charge in [0, 0.05) is 6.07 Å². The minimum atomic E-state index is -4.67. The van der Waals surface area contributed by atoms with E-state index in [1.807, 2.05) is 0 Å². The minimum Gasteiger partial charge on any atom is -0.493 e. The fraction of sp³-hybridized carbons (Fsp3) is 0.429. The normalized spacial score (nSPS) is 13.8. The quantitative estimate of drug-likeness (QED) is 0.259. The molecule has 0 radical (unpaired) electrons. The van der Waals surface area contributed by atoms with Crippen LogP contribution in [0.3, 0.4) is 0 Å². The Morgan fingerprint density at radius 1 is 1.06 bits per heavy atom. The standard InChI is InChI=1S/C21H23F5NO4P/c22-16-5-4-15(18(23)11-16)2-1-9-30-19-6-3-14(10-17(19)21(24,25)26)7-8-20(27,12-28)13-31-32-29/h3-6,10-11,28H,1-2,7-9,12-13,27H2. The Labute approximate surface area is 183 Å². The lowest BCUT2D eigenvalue weighted by molar-refractivity contribution is -0.139. The molecular formula is C21H23F5NO4P. The second-order valence-electron chi connectivity index (χ2n) is 7.38. The predicted octanol–water partition coefficient (Wildman–Crippen LogP) is 4.84. The van der Waals surface area contributed by atoms with E-state index in [1.165, 1.54) is 18.2 Å². The highest BCUT2D eigenvalue weighted by Crippen LogP contribution is 2.37. The number of ether oxygens (including phenoxy) is 1. The van der Waals surface area contributed by atoms with Gasteiger partial charge in [0.2, 0.25) is 0 Å². The maximum atomic E-state index is 13.6. The zero-order chi connectivity index (χ0) is 23.8. The Hall–Kier alpha value is -2.13. The van der Waals surface area contributed by atoms with E-state index in [1.54, 1.807) is 0 Å². The molecule has 0 aliphatic heterocycles. The third-order valence-corrected chi connectivity index (χ3v) is 5.08. The topological polar surface area (TPSA) is 81.8 Å². The number of aliphatic hydroxyl groups excluding tert-OH is 1.